The Morgan fingerprint density at radius 1 is 1.33 bits per heavy atom. The van der Waals surface area contributed by atoms with Crippen molar-refractivity contribution in [1.82, 2.24) is 5.43 Å². The minimum absolute atomic E-state index is 0.114. The van der Waals surface area contributed by atoms with Gasteiger partial charge in [-0.15, -0.1) is 0 Å². The van der Waals surface area contributed by atoms with E-state index in [-0.39, 0.29) is 12.1 Å². The first-order chi connectivity index (χ1) is 8.60. The molecule has 2 atom stereocenters. The van der Waals surface area contributed by atoms with Crippen molar-refractivity contribution in [3.8, 4) is 0 Å². The zero-order chi connectivity index (χ0) is 13.5. The van der Waals surface area contributed by atoms with Crippen LogP contribution in [0.15, 0.2) is 28.7 Å². The average Bonchev–Trinajstić information content (AvgIpc) is 2.35. The second-order valence-corrected chi connectivity index (χ2v) is 5.59. The number of hydrazine groups is 1. The maximum absolute atomic E-state index is 5.81. The van der Waals surface area contributed by atoms with Crippen LogP contribution in [0.1, 0.15) is 26.3 Å². The standard InChI is InChI=1S/C14H23BrN2O/c1-4-18-14(10(2)3)13(17-16)9-11-7-5-6-8-12(11)15/h5-8,10,13-14,17H,4,9,16H2,1-3H3. The quantitative estimate of drug-likeness (QED) is 0.601. The predicted molar refractivity (Wildman–Crippen MR) is 79.2 cm³/mol. The number of rotatable bonds is 7. The third kappa shape index (κ3) is 4.35. The second-order valence-electron chi connectivity index (χ2n) is 4.73. The fraction of sp³-hybridized carbons (Fsp3) is 0.571. The third-order valence-electron chi connectivity index (χ3n) is 3.02. The van der Waals surface area contributed by atoms with E-state index in [1.54, 1.807) is 0 Å². The number of benzene rings is 1. The van der Waals surface area contributed by atoms with E-state index >= 15 is 0 Å². The van der Waals surface area contributed by atoms with Crippen LogP contribution >= 0.6 is 15.9 Å². The average molecular weight is 315 g/mol. The highest BCUT2D eigenvalue weighted by Crippen LogP contribution is 2.21. The molecule has 0 saturated carbocycles. The molecule has 18 heavy (non-hydrogen) atoms. The molecule has 0 amide bonds. The number of halogens is 1. The second kappa shape index (κ2) is 7.89. The maximum atomic E-state index is 5.81. The molecular formula is C14H23BrN2O. The number of hydrogen-bond acceptors (Lipinski definition) is 3. The lowest BCUT2D eigenvalue weighted by molar-refractivity contribution is 0.00352. The van der Waals surface area contributed by atoms with Crippen molar-refractivity contribution in [2.75, 3.05) is 6.61 Å². The fourth-order valence-corrected chi connectivity index (χ4v) is 2.58. The minimum Gasteiger partial charge on any atom is -0.377 e. The monoisotopic (exact) mass is 314 g/mol. The molecule has 0 aliphatic carbocycles. The van der Waals surface area contributed by atoms with Crippen LogP contribution in [-0.4, -0.2) is 18.8 Å². The number of ether oxygens (including phenoxy) is 1. The molecule has 0 heterocycles. The Balaban J connectivity index is 2.79. The van der Waals surface area contributed by atoms with Gasteiger partial charge in [0, 0.05) is 11.1 Å². The van der Waals surface area contributed by atoms with Gasteiger partial charge in [-0.2, -0.15) is 0 Å². The molecule has 0 aromatic heterocycles. The topological polar surface area (TPSA) is 47.3 Å². The van der Waals surface area contributed by atoms with E-state index in [0.717, 1.165) is 10.9 Å². The van der Waals surface area contributed by atoms with Crippen LogP contribution in [0, 0.1) is 5.92 Å². The van der Waals surface area contributed by atoms with Crippen molar-refractivity contribution in [3.63, 3.8) is 0 Å². The summed E-state index contributed by atoms with van der Waals surface area (Å²) in [5.74, 6) is 6.12. The van der Waals surface area contributed by atoms with Crippen LogP contribution in [0.5, 0.6) is 0 Å². The zero-order valence-corrected chi connectivity index (χ0v) is 12.9. The lowest BCUT2D eigenvalue weighted by Crippen LogP contribution is -2.49. The molecule has 0 fully saturated rings. The van der Waals surface area contributed by atoms with Gasteiger partial charge in [0.2, 0.25) is 0 Å². The van der Waals surface area contributed by atoms with E-state index in [9.17, 15) is 0 Å². The summed E-state index contributed by atoms with van der Waals surface area (Å²) >= 11 is 3.57. The summed E-state index contributed by atoms with van der Waals surface area (Å²) in [6.45, 7) is 7.04. The van der Waals surface area contributed by atoms with Gasteiger partial charge in [-0.25, -0.2) is 0 Å². The van der Waals surface area contributed by atoms with E-state index < -0.39 is 0 Å². The highest BCUT2D eigenvalue weighted by atomic mass is 79.9. The van der Waals surface area contributed by atoms with Gasteiger partial charge in [0.05, 0.1) is 12.1 Å². The first-order valence-electron chi connectivity index (χ1n) is 6.41. The summed E-state index contributed by atoms with van der Waals surface area (Å²) in [4.78, 5) is 0. The molecule has 1 aromatic carbocycles. The molecule has 0 aliphatic heterocycles. The molecule has 0 aliphatic rings. The van der Waals surface area contributed by atoms with Crippen molar-refractivity contribution in [2.24, 2.45) is 11.8 Å². The molecular weight excluding hydrogens is 292 g/mol. The molecule has 3 N–H and O–H groups in total. The summed E-state index contributed by atoms with van der Waals surface area (Å²) < 4.78 is 6.93. The van der Waals surface area contributed by atoms with Crippen molar-refractivity contribution in [3.05, 3.63) is 34.3 Å². The van der Waals surface area contributed by atoms with Crippen molar-refractivity contribution in [2.45, 2.75) is 39.3 Å². The Labute approximate surface area is 118 Å². The van der Waals surface area contributed by atoms with Crippen LogP contribution in [-0.2, 0) is 11.2 Å². The summed E-state index contributed by atoms with van der Waals surface area (Å²) in [5.41, 5.74) is 4.14. The maximum Gasteiger partial charge on any atom is 0.0767 e. The van der Waals surface area contributed by atoms with Crippen molar-refractivity contribution < 1.29 is 4.74 Å². The summed E-state index contributed by atoms with van der Waals surface area (Å²) in [6, 6.07) is 8.33. The van der Waals surface area contributed by atoms with E-state index in [0.29, 0.717) is 12.5 Å². The van der Waals surface area contributed by atoms with Crippen LogP contribution in [0.25, 0.3) is 0 Å². The third-order valence-corrected chi connectivity index (χ3v) is 3.80. The van der Waals surface area contributed by atoms with Crippen LogP contribution in [0.2, 0.25) is 0 Å². The van der Waals surface area contributed by atoms with Crippen LogP contribution in [0.3, 0.4) is 0 Å². The molecule has 0 saturated heterocycles. The van der Waals surface area contributed by atoms with E-state index in [1.807, 2.05) is 25.1 Å². The van der Waals surface area contributed by atoms with Gasteiger partial charge in [-0.1, -0.05) is 48.0 Å². The van der Waals surface area contributed by atoms with Crippen LogP contribution < -0.4 is 11.3 Å². The summed E-state index contributed by atoms with van der Waals surface area (Å²) in [6.07, 6.45) is 0.966. The zero-order valence-electron chi connectivity index (χ0n) is 11.3. The van der Waals surface area contributed by atoms with Crippen LogP contribution in [0.4, 0.5) is 0 Å². The van der Waals surface area contributed by atoms with Gasteiger partial charge in [0.1, 0.15) is 0 Å². The first-order valence-corrected chi connectivity index (χ1v) is 7.20. The first kappa shape index (κ1) is 15.6. The fourth-order valence-electron chi connectivity index (χ4n) is 2.14. The van der Waals surface area contributed by atoms with Gasteiger partial charge in [0.15, 0.2) is 0 Å². The Kier molecular flexibility index (Phi) is 6.86. The number of nitrogens with two attached hydrogens (primary N) is 1. The van der Waals surface area contributed by atoms with E-state index in [2.05, 4.69) is 41.3 Å². The Morgan fingerprint density at radius 3 is 2.50 bits per heavy atom. The SMILES string of the molecule is CCOC(C(C)C)C(Cc1ccccc1Br)NN. The smallest absolute Gasteiger partial charge is 0.0767 e. The van der Waals surface area contributed by atoms with E-state index in [4.69, 9.17) is 10.6 Å². The Bertz CT molecular complexity index is 357. The van der Waals surface area contributed by atoms with Gasteiger partial charge in [-0.3, -0.25) is 11.3 Å². The molecule has 0 bridgehead atoms. The molecule has 2 unspecified atom stereocenters. The molecule has 1 aromatic rings. The Morgan fingerprint density at radius 2 is 2.00 bits per heavy atom. The van der Waals surface area contributed by atoms with Crippen molar-refractivity contribution >= 4 is 15.9 Å². The largest absolute Gasteiger partial charge is 0.377 e. The van der Waals surface area contributed by atoms with Crippen molar-refractivity contribution in [1.29, 1.82) is 0 Å². The molecule has 1 rings (SSSR count). The highest BCUT2D eigenvalue weighted by Gasteiger charge is 2.24. The minimum atomic E-state index is 0.114. The molecule has 0 radical (unpaired) electrons. The summed E-state index contributed by atoms with van der Waals surface area (Å²) in [7, 11) is 0. The molecule has 4 heteroatoms. The normalized spacial score (nSPS) is 14.8. The van der Waals surface area contributed by atoms with Gasteiger partial charge < -0.3 is 4.74 Å². The lowest BCUT2D eigenvalue weighted by Gasteiger charge is -2.29. The highest BCUT2D eigenvalue weighted by molar-refractivity contribution is 9.10. The number of hydrogen-bond donors (Lipinski definition) is 2. The van der Waals surface area contributed by atoms with Gasteiger partial charge in [0.25, 0.3) is 0 Å². The molecule has 0 spiro atoms. The van der Waals surface area contributed by atoms with Gasteiger partial charge in [-0.05, 0) is 30.9 Å². The molecule has 3 nitrogen and oxygen atoms in total. The predicted octanol–water partition coefficient (Wildman–Crippen LogP) is 2.88. The molecule has 102 valence electrons. The lowest BCUT2D eigenvalue weighted by atomic mass is 9.94. The number of nitrogens with one attached hydrogen (secondary N) is 1. The van der Waals surface area contributed by atoms with E-state index in [1.165, 1.54) is 5.56 Å². The van der Waals surface area contributed by atoms with Gasteiger partial charge >= 0.3 is 0 Å². The summed E-state index contributed by atoms with van der Waals surface area (Å²) in [5, 5.41) is 0. The Hall–Kier alpha value is -0.420.